The van der Waals surface area contributed by atoms with E-state index >= 15 is 0 Å². The van der Waals surface area contributed by atoms with Crippen LogP contribution in [0.1, 0.15) is 11.1 Å². The van der Waals surface area contributed by atoms with Crippen molar-refractivity contribution in [1.29, 1.82) is 0 Å². The Morgan fingerprint density at radius 2 is 1.73 bits per heavy atom. The van der Waals surface area contributed by atoms with Crippen LogP contribution in [-0.4, -0.2) is 24.4 Å². The number of aliphatic hydroxyl groups excluding tert-OH is 1. The minimum Gasteiger partial charge on any atom is -0.491 e. The highest BCUT2D eigenvalue weighted by Gasteiger charge is 2.03. The highest BCUT2D eigenvalue weighted by molar-refractivity contribution is 5.67. The summed E-state index contributed by atoms with van der Waals surface area (Å²) >= 11 is 0. The molecule has 5 nitrogen and oxygen atoms in total. The lowest BCUT2D eigenvalue weighted by molar-refractivity contribution is 0.139. The van der Waals surface area contributed by atoms with Crippen LogP contribution in [0.4, 0.5) is 4.79 Å². The fourth-order valence-electron chi connectivity index (χ4n) is 1.82. The Morgan fingerprint density at radius 3 is 2.41 bits per heavy atom. The fourth-order valence-corrected chi connectivity index (χ4v) is 1.82. The van der Waals surface area contributed by atoms with Crippen molar-refractivity contribution in [1.82, 2.24) is 5.32 Å². The zero-order chi connectivity index (χ0) is 15.6. The van der Waals surface area contributed by atoms with Crippen molar-refractivity contribution >= 4 is 6.09 Å². The number of carbonyl (C=O) groups is 1. The number of alkyl carbamates (subject to hydrolysis) is 1. The van der Waals surface area contributed by atoms with Gasteiger partial charge in [-0.05, 0) is 23.3 Å². The Labute approximate surface area is 129 Å². The first kappa shape index (κ1) is 15.9. The molecular weight excluding hydrogens is 282 g/mol. The second-order valence-electron chi connectivity index (χ2n) is 4.63. The maximum Gasteiger partial charge on any atom is 0.407 e. The molecule has 5 heteroatoms. The van der Waals surface area contributed by atoms with Gasteiger partial charge < -0.3 is 19.9 Å². The first-order chi connectivity index (χ1) is 10.8. The first-order valence-electron chi connectivity index (χ1n) is 7.05. The number of benzene rings is 2. The molecule has 0 radical (unpaired) electrons. The summed E-state index contributed by atoms with van der Waals surface area (Å²) in [5, 5.41) is 11.4. The summed E-state index contributed by atoms with van der Waals surface area (Å²) in [5.74, 6) is 0.685. The summed E-state index contributed by atoms with van der Waals surface area (Å²) in [6.45, 7) is 0.883. The van der Waals surface area contributed by atoms with Gasteiger partial charge in [0, 0.05) is 6.54 Å². The second kappa shape index (κ2) is 8.69. The summed E-state index contributed by atoms with van der Waals surface area (Å²) in [6, 6.07) is 16.8. The normalized spacial score (nSPS) is 10.0. The molecule has 1 amide bonds. The Hall–Kier alpha value is -2.53. The number of nitrogens with one attached hydrogen (secondary N) is 1. The molecule has 2 aromatic rings. The SMILES string of the molecule is O=C(NCc1ccc(OCCO)cc1)OCc1ccccc1. The molecule has 0 fully saturated rings. The predicted octanol–water partition coefficient (Wildman–Crippen LogP) is 2.48. The van der Waals surface area contributed by atoms with Crippen LogP contribution in [0.15, 0.2) is 54.6 Å². The predicted molar refractivity (Wildman–Crippen MR) is 82.5 cm³/mol. The minimum atomic E-state index is -0.454. The third-order valence-corrected chi connectivity index (χ3v) is 2.93. The molecule has 0 heterocycles. The molecule has 22 heavy (non-hydrogen) atoms. The lowest BCUT2D eigenvalue weighted by atomic mass is 10.2. The molecule has 0 aliphatic carbocycles. The number of ether oxygens (including phenoxy) is 2. The van der Waals surface area contributed by atoms with E-state index in [1.165, 1.54) is 0 Å². The van der Waals surface area contributed by atoms with Crippen LogP contribution in [0.25, 0.3) is 0 Å². The van der Waals surface area contributed by atoms with Gasteiger partial charge in [0.2, 0.25) is 0 Å². The Morgan fingerprint density at radius 1 is 1.00 bits per heavy atom. The molecular formula is C17H19NO4. The van der Waals surface area contributed by atoms with Gasteiger partial charge in [0.1, 0.15) is 19.0 Å². The van der Waals surface area contributed by atoms with Crippen molar-refractivity contribution < 1.29 is 19.4 Å². The molecule has 0 atom stereocenters. The zero-order valence-electron chi connectivity index (χ0n) is 12.2. The fraction of sp³-hybridized carbons (Fsp3) is 0.235. The van der Waals surface area contributed by atoms with E-state index in [1.807, 2.05) is 42.5 Å². The smallest absolute Gasteiger partial charge is 0.407 e. The van der Waals surface area contributed by atoms with Crippen molar-refractivity contribution in [2.75, 3.05) is 13.2 Å². The van der Waals surface area contributed by atoms with E-state index in [1.54, 1.807) is 12.1 Å². The van der Waals surface area contributed by atoms with Crippen molar-refractivity contribution in [3.8, 4) is 5.75 Å². The third kappa shape index (κ3) is 5.46. The molecule has 0 aliphatic rings. The molecule has 116 valence electrons. The molecule has 2 N–H and O–H groups in total. The quantitative estimate of drug-likeness (QED) is 0.824. The third-order valence-electron chi connectivity index (χ3n) is 2.93. The molecule has 0 aromatic heterocycles. The van der Waals surface area contributed by atoms with Gasteiger partial charge in [-0.2, -0.15) is 0 Å². The van der Waals surface area contributed by atoms with Gasteiger partial charge in [-0.1, -0.05) is 42.5 Å². The summed E-state index contributed by atoms with van der Waals surface area (Å²) in [6.07, 6.45) is -0.454. The van der Waals surface area contributed by atoms with Crippen LogP contribution in [0.2, 0.25) is 0 Å². The summed E-state index contributed by atoms with van der Waals surface area (Å²) in [5.41, 5.74) is 1.89. The molecule has 0 aliphatic heterocycles. The topological polar surface area (TPSA) is 67.8 Å². The molecule has 0 unspecified atom stereocenters. The average Bonchev–Trinajstić information content (AvgIpc) is 2.58. The molecule has 2 rings (SSSR count). The Bertz CT molecular complexity index is 569. The lowest BCUT2D eigenvalue weighted by Gasteiger charge is -2.08. The van der Waals surface area contributed by atoms with Crippen LogP contribution >= 0.6 is 0 Å². The number of carbonyl (C=O) groups excluding carboxylic acids is 1. The van der Waals surface area contributed by atoms with Gasteiger partial charge in [0.25, 0.3) is 0 Å². The largest absolute Gasteiger partial charge is 0.491 e. The molecule has 0 spiro atoms. The van der Waals surface area contributed by atoms with E-state index in [4.69, 9.17) is 14.6 Å². The summed E-state index contributed by atoms with van der Waals surface area (Å²) in [7, 11) is 0. The minimum absolute atomic E-state index is 0.0173. The van der Waals surface area contributed by atoms with Gasteiger partial charge in [0.05, 0.1) is 6.61 Å². The van der Waals surface area contributed by atoms with Crippen LogP contribution in [0.5, 0.6) is 5.75 Å². The Kier molecular flexibility index (Phi) is 6.26. The Balaban J connectivity index is 1.71. The molecule has 2 aromatic carbocycles. The summed E-state index contributed by atoms with van der Waals surface area (Å²) in [4.78, 5) is 11.6. The van der Waals surface area contributed by atoms with Crippen LogP contribution in [-0.2, 0) is 17.9 Å². The highest BCUT2D eigenvalue weighted by atomic mass is 16.5. The van der Waals surface area contributed by atoms with Gasteiger partial charge in [0.15, 0.2) is 0 Å². The van der Waals surface area contributed by atoms with Crippen molar-refractivity contribution in [3.63, 3.8) is 0 Å². The monoisotopic (exact) mass is 301 g/mol. The van der Waals surface area contributed by atoms with E-state index in [-0.39, 0.29) is 19.8 Å². The number of hydrogen-bond donors (Lipinski definition) is 2. The number of aliphatic hydroxyl groups is 1. The van der Waals surface area contributed by atoms with Crippen LogP contribution < -0.4 is 10.1 Å². The molecule has 0 saturated heterocycles. The van der Waals surface area contributed by atoms with E-state index in [0.29, 0.717) is 12.3 Å². The van der Waals surface area contributed by atoms with Crippen molar-refractivity contribution in [2.45, 2.75) is 13.2 Å². The lowest BCUT2D eigenvalue weighted by Crippen LogP contribution is -2.23. The van der Waals surface area contributed by atoms with E-state index in [0.717, 1.165) is 11.1 Å². The number of amides is 1. The van der Waals surface area contributed by atoms with E-state index in [9.17, 15) is 4.79 Å². The van der Waals surface area contributed by atoms with Crippen LogP contribution in [0, 0.1) is 0 Å². The van der Waals surface area contributed by atoms with E-state index in [2.05, 4.69) is 5.32 Å². The van der Waals surface area contributed by atoms with Gasteiger partial charge >= 0.3 is 6.09 Å². The van der Waals surface area contributed by atoms with Crippen molar-refractivity contribution in [3.05, 3.63) is 65.7 Å². The van der Waals surface area contributed by atoms with Crippen LogP contribution in [0.3, 0.4) is 0 Å². The summed E-state index contributed by atoms with van der Waals surface area (Å²) < 4.78 is 10.4. The highest BCUT2D eigenvalue weighted by Crippen LogP contribution is 2.12. The maximum atomic E-state index is 11.6. The number of hydrogen-bond acceptors (Lipinski definition) is 4. The van der Waals surface area contributed by atoms with Gasteiger partial charge in [-0.25, -0.2) is 4.79 Å². The first-order valence-corrected chi connectivity index (χ1v) is 7.05. The van der Waals surface area contributed by atoms with Crippen molar-refractivity contribution in [2.24, 2.45) is 0 Å². The molecule has 0 saturated carbocycles. The average molecular weight is 301 g/mol. The van der Waals surface area contributed by atoms with Gasteiger partial charge in [-0.3, -0.25) is 0 Å². The molecule has 0 bridgehead atoms. The maximum absolute atomic E-state index is 11.6. The number of rotatable bonds is 7. The van der Waals surface area contributed by atoms with E-state index < -0.39 is 6.09 Å². The second-order valence-corrected chi connectivity index (χ2v) is 4.63. The zero-order valence-corrected chi connectivity index (χ0v) is 12.2. The van der Waals surface area contributed by atoms with Gasteiger partial charge in [-0.15, -0.1) is 0 Å². The standard InChI is InChI=1S/C17H19NO4/c19-10-11-21-16-8-6-14(7-9-16)12-18-17(20)22-13-15-4-2-1-3-5-15/h1-9,19H,10-13H2,(H,18,20).